The molecule has 0 aromatic rings. The molecule has 14 nitrogen and oxygen atoms in total. The Hall–Kier alpha value is -0.140. The molecular formula is C42Cl28O14. The molecule has 0 heterocycles. The van der Waals surface area contributed by atoms with Crippen LogP contribution in [0.3, 0.4) is 0 Å². The maximum Gasteiger partial charge on any atom is 0.247 e. The van der Waals surface area contributed by atoms with Crippen molar-refractivity contribution in [2.45, 2.75) is 0 Å². The van der Waals surface area contributed by atoms with Gasteiger partial charge in [0, 0.05) is 0 Å². The molecule has 0 saturated carbocycles. The molecule has 0 amide bonds. The summed E-state index contributed by atoms with van der Waals surface area (Å²) >= 11 is 152. The second-order valence-corrected chi connectivity index (χ2v) is 24.0. The minimum Gasteiger partial charge on any atom is -0.284 e. The summed E-state index contributed by atoms with van der Waals surface area (Å²) in [6.45, 7) is 0. The van der Waals surface area contributed by atoms with Gasteiger partial charge in [0.05, 0.1) is 70.5 Å². The summed E-state index contributed by atoms with van der Waals surface area (Å²) < 4.78 is 0. The Kier molecular flexibility index (Phi) is 34.2. The second-order valence-electron chi connectivity index (χ2n) is 13.4. The van der Waals surface area contributed by atoms with Gasteiger partial charge in [-0.2, -0.15) is 0 Å². The van der Waals surface area contributed by atoms with Gasteiger partial charge in [-0.1, -0.05) is 325 Å². The van der Waals surface area contributed by atoms with Crippen molar-refractivity contribution < 1.29 is 67.1 Å². The summed E-state index contributed by atoms with van der Waals surface area (Å²) in [6, 6.07) is 0. The average molecular weight is 1720 g/mol. The van der Waals surface area contributed by atoms with Gasteiger partial charge in [0.2, 0.25) is 81.0 Å². The molecule has 0 aliphatic heterocycles. The van der Waals surface area contributed by atoms with Crippen molar-refractivity contribution in [3.05, 3.63) is 141 Å². The van der Waals surface area contributed by atoms with Gasteiger partial charge < -0.3 is 0 Å². The largest absolute Gasteiger partial charge is 0.284 e. The van der Waals surface area contributed by atoms with Crippen LogP contribution >= 0.6 is 325 Å². The zero-order valence-electron chi connectivity index (χ0n) is 37.3. The Morgan fingerprint density at radius 1 is 0.0833 bits per heavy atom. The van der Waals surface area contributed by atoms with Crippen molar-refractivity contribution in [2.24, 2.45) is 0 Å². The third-order valence-corrected chi connectivity index (χ3v) is 20.7. The number of rotatable bonds is 0. The lowest BCUT2D eigenvalue weighted by Crippen LogP contribution is -2.19. The maximum atomic E-state index is 10.9. The molecule has 7 aliphatic carbocycles. The first-order valence-corrected chi connectivity index (χ1v) is 29.2. The Labute approximate surface area is 606 Å². The normalized spacial score (nSPS) is 19.3. The number of allylic oxidation sites excluding steroid dienone is 28. The summed E-state index contributed by atoms with van der Waals surface area (Å²) in [5.41, 5.74) is 0. The van der Waals surface area contributed by atoms with Crippen molar-refractivity contribution in [1.29, 1.82) is 0 Å². The number of hydrogen-bond acceptors (Lipinski definition) is 14. The highest BCUT2D eigenvalue weighted by Crippen LogP contribution is 2.41. The number of halogens is 28. The molecule has 0 atom stereocenters. The summed E-state index contributed by atoms with van der Waals surface area (Å²) in [5.74, 6) is -13.1. The third-order valence-electron chi connectivity index (χ3n) is 8.28. The van der Waals surface area contributed by atoms with E-state index >= 15 is 0 Å². The molecular weight excluding hydrogens is 1720 g/mol. The monoisotopic (exact) mass is 1710 g/mol. The molecule has 0 N–H and O–H groups in total. The number of ketones is 14. The minimum absolute atomic E-state index is 0.187. The molecule has 0 saturated heterocycles. The van der Waals surface area contributed by atoms with E-state index in [-0.39, 0.29) is 70.5 Å². The van der Waals surface area contributed by atoms with E-state index in [1.165, 1.54) is 0 Å². The SMILES string of the molecule is O=C1C(=O)C(Cl)=C(Cl)C(Cl)=C1Cl.O=C1C(=O)C(Cl)=C(Cl)C(Cl)=C1Cl.O=C1C(=O)C(Cl)=C(Cl)C(Cl)=C1Cl.O=C1C(=O)C(Cl)=C(Cl)C(Cl)=C1Cl.O=C1C(=O)C(Cl)=C(Cl)C(Cl)=C1Cl.O=C1C(=O)C(Cl)=C(Cl)C(Cl)=C1Cl.O=C1C(=O)C(Cl)=C(Cl)C(Cl)=C1Cl. The predicted molar refractivity (Wildman–Crippen MR) is 332 cm³/mol. The van der Waals surface area contributed by atoms with Gasteiger partial charge in [-0.05, 0) is 0 Å². The van der Waals surface area contributed by atoms with Gasteiger partial charge >= 0.3 is 0 Å². The third kappa shape index (κ3) is 19.0. The molecule has 0 aromatic heterocycles. The van der Waals surface area contributed by atoms with Crippen molar-refractivity contribution >= 4 is 406 Å². The lowest BCUT2D eigenvalue weighted by Gasteiger charge is -2.08. The zero-order chi connectivity index (χ0) is 66.2. The topological polar surface area (TPSA) is 239 Å². The molecule has 0 spiro atoms. The van der Waals surface area contributed by atoms with Gasteiger partial charge in [0.1, 0.15) is 70.5 Å². The average Bonchev–Trinajstić information content (AvgIpc) is 3.50. The fourth-order valence-electron chi connectivity index (χ4n) is 4.14. The molecule has 0 radical (unpaired) electrons. The van der Waals surface area contributed by atoms with Gasteiger partial charge in [-0.15, -0.1) is 0 Å². The smallest absolute Gasteiger partial charge is 0.247 e. The van der Waals surface area contributed by atoms with Crippen molar-refractivity contribution in [2.75, 3.05) is 0 Å². The summed E-state index contributed by atoms with van der Waals surface area (Å²) in [4.78, 5) is 152. The summed E-state index contributed by atoms with van der Waals surface area (Å²) in [5, 5.41) is -8.11. The first-order valence-electron chi connectivity index (χ1n) is 18.6. The van der Waals surface area contributed by atoms with Crippen LogP contribution < -0.4 is 0 Å². The maximum absolute atomic E-state index is 10.9. The van der Waals surface area contributed by atoms with E-state index in [0.717, 1.165) is 0 Å². The molecule has 0 fully saturated rings. The van der Waals surface area contributed by atoms with Crippen LogP contribution in [-0.2, 0) is 67.1 Å². The highest BCUT2D eigenvalue weighted by atomic mass is 35.5. The Morgan fingerprint density at radius 2 is 0.119 bits per heavy atom. The molecule has 42 heteroatoms. The van der Waals surface area contributed by atoms with Gasteiger partial charge in [-0.25, -0.2) is 0 Å². The van der Waals surface area contributed by atoms with E-state index < -0.39 is 151 Å². The molecule has 0 bridgehead atoms. The molecule has 0 unspecified atom stereocenters. The molecule has 7 rings (SSSR count). The summed E-state index contributed by atoms with van der Waals surface area (Å²) in [7, 11) is 0. The first kappa shape index (κ1) is 81.9. The van der Waals surface area contributed by atoms with E-state index in [9.17, 15) is 67.1 Å². The number of carbonyl (C=O) groups excluding carboxylic acids is 14. The lowest BCUT2D eigenvalue weighted by atomic mass is 10.1. The van der Waals surface area contributed by atoms with Crippen LogP contribution in [0.5, 0.6) is 0 Å². The Morgan fingerprint density at radius 3 is 0.155 bits per heavy atom. The molecule has 448 valence electrons. The van der Waals surface area contributed by atoms with Gasteiger partial charge in [-0.3, -0.25) is 67.1 Å². The van der Waals surface area contributed by atoms with E-state index in [4.69, 9.17) is 325 Å². The highest BCUT2D eigenvalue weighted by Gasteiger charge is 2.37. The first-order chi connectivity index (χ1) is 38.2. The molecule has 0 aromatic carbocycles. The van der Waals surface area contributed by atoms with Gasteiger partial charge in [0.25, 0.3) is 0 Å². The van der Waals surface area contributed by atoms with Crippen molar-refractivity contribution in [3.8, 4) is 0 Å². The van der Waals surface area contributed by atoms with Crippen molar-refractivity contribution in [3.63, 3.8) is 0 Å². The van der Waals surface area contributed by atoms with Crippen molar-refractivity contribution in [1.82, 2.24) is 0 Å². The van der Waals surface area contributed by atoms with Crippen LogP contribution in [-0.4, -0.2) is 81.0 Å². The van der Waals surface area contributed by atoms with E-state index in [1.807, 2.05) is 0 Å². The van der Waals surface area contributed by atoms with Crippen LogP contribution in [0.2, 0.25) is 0 Å². The minimum atomic E-state index is -0.934. The van der Waals surface area contributed by atoms with Crippen LogP contribution in [0, 0.1) is 0 Å². The van der Waals surface area contributed by atoms with Crippen LogP contribution in [0.4, 0.5) is 0 Å². The quantitative estimate of drug-likeness (QED) is 0.162. The summed E-state index contributed by atoms with van der Waals surface area (Å²) in [6.07, 6.45) is 0. The molecule has 84 heavy (non-hydrogen) atoms. The van der Waals surface area contributed by atoms with Gasteiger partial charge in [0.15, 0.2) is 0 Å². The second kappa shape index (κ2) is 35.1. The van der Waals surface area contributed by atoms with E-state index in [0.29, 0.717) is 0 Å². The fourth-order valence-corrected chi connectivity index (χ4v) is 9.87. The fraction of sp³-hybridized carbons (Fsp3) is 0. The standard InChI is InChI=1S/7C6Cl4O2/c7*7-1-2(8)4(10)6(12)5(11)3(1)9. The lowest BCUT2D eigenvalue weighted by molar-refractivity contribution is -0.131. The Bertz CT molecular complexity index is 2700. The molecule has 7 aliphatic rings. The van der Waals surface area contributed by atoms with E-state index in [2.05, 4.69) is 0 Å². The zero-order valence-corrected chi connectivity index (χ0v) is 58.5. The van der Waals surface area contributed by atoms with Crippen LogP contribution in [0.1, 0.15) is 0 Å². The van der Waals surface area contributed by atoms with Crippen LogP contribution in [0.15, 0.2) is 141 Å². The number of carbonyl (C=O) groups is 14. The number of hydrogen-bond donors (Lipinski definition) is 0. The Balaban J connectivity index is 0.000000490. The van der Waals surface area contributed by atoms with Crippen LogP contribution in [0.25, 0.3) is 0 Å². The van der Waals surface area contributed by atoms with E-state index in [1.54, 1.807) is 0 Å². The highest BCUT2D eigenvalue weighted by molar-refractivity contribution is 6.78. The predicted octanol–water partition coefficient (Wildman–Crippen LogP) is 17.6. The number of Topliss-reactive ketones (excluding diaryl/α,β-unsaturated/α-hetero) is 14.